The van der Waals surface area contributed by atoms with Gasteiger partial charge in [-0.05, 0) is 36.4 Å². The van der Waals surface area contributed by atoms with Crippen molar-refractivity contribution in [3.8, 4) is 0 Å². The Kier molecular flexibility index (Phi) is 4.98. The molecular weight excluding hydrogens is 330 g/mol. The third-order valence-corrected chi connectivity index (χ3v) is 5.74. The van der Waals surface area contributed by atoms with Gasteiger partial charge in [0.1, 0.15) is 0 Å². The van der Waals surface area contributed by atoms with Crippen LogP contribution in [0.2, 0.25) is 0 Å². The van der Waals surface area contributed by atoms with Crippen LogP contribution in [0.4, 0.5) is 0 Å². The average molecular weight is 349 g/mol. The number of benzene rings is 1. The van der Waals surface area contributed by atoms with Crippen molar-refractivity contribution in [3.63, 3.8) is 0 Å². The number of aromatic nitrogens is 1. The van der Waals surface area contributed by atoms with E-state index in [-0.39, 0.29) is 10.8 Å². The lowest BCUT2D eigenvalue weighted by atomic mass is 10.2. The quantitative estimate of drug-likeness (QED) is 0.841. The van der Waals surface area contributed by atoms with E-state index in [0.717, 1.165) is 5.69 Å². The van der Waals surface area contributed by atoms with Gasteiger partial charge >= 0.3 is 0 Å². The minimum Gasteiger partial charge on any atom is -0.379 e. The highest BCUT2D eigenvalue weighted by atomic mass is 32.2. The minimum absolute atomic E-state index is 0.185. The third kappa shape index (κ3) is 3.66. The number of aromatic amines is 1. The molecule has 1 aromatic carbocycles. The van der Waals surface area contributed by atoms with E-state index < -0.39 is 10.0 Å². The fraction of sp³-hybridized carbons (Fsp3) is 0.312. The Hall–Kier alpha value is -2.16. The van der Waals surface area contributed by atoms with Crippen LogP contribution in [0, 0.1) is 0 Å². The number of sulfonamides is 1. The number of carbonyl (C=O) groups excluding carboxylic acids is 1. The molecule has 2 aromatic rings. The van der Waals surface area contributed by atoms with Crippen LogP contribution in [-0.4, -0.2) is 49.9 Å². The summed E-state index contributed by atoms with van der Waals surface area (Å²) < 4.78 is 31.6. The van der Waals surface area contributed by atoms with Gasteiger partial charge in [-0.15, -0.1) is 0 Å². The highest BCUT2D eigenvalue weighted by Crippen LogP contribution is 2.17. The standard InChI is InChI=1S/C16H19N3O4S/c20-16(18-12-14-2-1-7-17-14)13-3-5-15(6-4-13)24(21,22)19-8-10-23-11-9-19/h1-7,17H,8-12H2,(H,18,20). The van der Waals surface area contributed by atoms with Crippen molar-refractivity contribution >= 4 is 15.9 Å². The van der Waals surface area contributed by atoms with Crippen molar-refractivity contribution in [2.75, 3.05) is 26.3 Å². The largest absolute Gasteiger partial charge is 0.379 e. The molecule has 1 saturated heterocycles. The van der Waals surface area contributed by atoms with Gasteiger partial charge in [0.15, 0.2) is 0 Å². The van der Waals surface area contributed by atoms with Gasteiger partial charge in [0, 0.05) is 30.5 Å². The number of nitrogens with zero attached hydrogens (tertiary/aromatic N) is 1. The topological polar surface area (TPSA) is 91.5 Å². The second-order valence-corrected chi connectivity index (χ2v) is 7.36. The molecule has 2 N–H and O–H groups in total. The van der Waals surface area contributed by atoms with Crippen LogP contribution >= 0.6 is 0 Å². The Labute approximate surface area is 140 Å². The Morgan fingerprint density at radius 1 is 1.17 bits per heavy atom. The number of rotatable bonds is 5. The van der Waals surface area contributed by atoms with E-state index in [0.29, 0.717) is 38.4 Å². The van der Waals surface area contributed by atoms with Crippen LogP contribution in [0.5, 0.6) is 0 Å². The molecule has 0 bridgehead atoms. The van der Waals surface area contributed by atoms with Crippen molar-refractivity contribution in [1.82, 2.24) is 14.6 Å². The van der Waals surface area contributed by atoms with Gasteiger partial charge in [0.05, 0.1) is 24.7 Å². The number of hydrogen-bond donors (Lipinski definition) is 2. The lowest BCUT2D eigenvalue weighted by Crippen LogP contribution is -2.40. The predicted octanol–water partition coefficient (Wildman–Crippen LogP) is 0.966. The molecule has 0 unspecified atom stereocenters. The third-order valence-electron chi connectivity index (χ3n) is 3.83. The summed E-state index contributed by atoms with van der Waals surface area (Å²) in [5.41, 5.74) is 1.32. The van der Waals surface area contributed by atoms with Crippen LogP contribution in [0.1, 0.15) is 16.1 Å². The molecule has 1 aromatic heterocycles. The molecule has 3 rings (SSSR count). The van der Waals surface area contributed by atoms with Crippen LogP contribution in [0.15, 0.2) is 47.5 Å². The van der Waals surface area contributed by atoms with Crippen LogP contribution in [-0.2, 0) is 21.3 Å². The maximum absolute atomic E-state index is 12.5. The maximum Gasteiger partial charge on any atom is 0.251 e. The molecule has 128 valence electrons. The lowest BCUT2D eigenvalue weighted by molar-refractivity contribution is 0.0730. The number of H-pyrrole nitrogens is 1. The van der Waals surface area contributed by atoms with Crippen LogP contribution < -0.4 is 5.32 Å². The van der Waals surface area contributed by atoms with Gasteiger partial charge in [-0.1, -0.05) is 0 Å². The van der Waals surface area contributed by atoms with E-state index >= 15 is 0 Å². The number of amides is 1. The Balaban J connectivity index is 1.67. The number of hydrogen-bond acceptors (Lipinski definition) is 4. The number of morpholine rings is 1. The van der Waals surface area contributed by atoms with E-state index in [1.54, 1.807) is 6.20 Å². The zero-order valence-electron chi connectivity index (χ0n) is 13.1. The molecule has 8 heteroatoms. The summed E-state index contributed by atoms with van der Waals surface area (Å²) in [6.45, 7) is 1.89. The SMILES string of the molecule is O=C(NCc1ccc[nH]1)c1ccc(S(=O)(=O)N2CCOCC2)cc1. The van der Waals surface area contributed by atoms with E-state index in [2.05, 4.69) is 10.3 Å². The highest BCUT2D eigenvalue weighted by molar-refractivity contribution is 7.89. The molecule has 2 heterocycles. The zero-order chi connectivity index (χ0) is 17.0. The lowest BCUT2D eigenvalue weighted by Gasteiger charge is -2.26. The van der Waals surface area contributed by atoms with E-state index in [1.165, 1.54) is 28.6 Å². The number of carbonyl (C=O) groups is 1. The van der Waals surface area contributed by atoms with Gasteiger partial charge in [0.25, 0.3) is 5.91 Å². The summed E-state index contributed by atoms with van der Waals surface area (Å²) in [5, 5.41) is 2.78. The summed E-state index contributed by atoms with van der Waals surface area (Å²) in [6.07, 6.45) is 1.78. The van der Waals surface area contributed by atoms with E-state index in [4.69, 9.17) is 4.74 Å². The van der Waals surface area contributed by atoms with Gasteiger partial charge < -0.3 is 15.0 Å². The monoisotopic (exact) mass is 349 g/mol. The molecule has 1 fully saturated rings. The first-order valence-electron chi connectivity index (χ1n) is 7.66. The fourth-order valence-electron chi connectivity index (χ4n) is 2.47. The minimum atomic E-state index is -3.54. The van der Waals surface area contributed by atoms with Gasteiger partial charge in [-0.2, -0.15) is 4.31 Å². The molecule has 7 nitrogen and oxygen atoms in total. The van der Waals surface area contributed by atoms with Crippen molar-refractivity contribution in [2.45, 2.75) is 11.4 Å². The number of ether oxygens (including phenoxy) is 1. The summed E-state index contributed by atoms with van der Waals surface area (Å²) in [6, 6.07) is 9.71. The molecule has 0 aliphatic carbocycles. The van der Waals surface area contributed by atoms with Gasteiger partial charge in [-0.3, -0.25) is 4.79 Å². The Morgan fingerprint density at radius 3 is 2.50 bits per heavy atom. The predicted molar refractivity (Wildman–Crippen MR) is 88.0 cm³/mol. The zero-order valence-corrected chi connectivity index (χ0v) is 13.9. The fourth-order valence-corrected chi connectivity index (χ4v) is 3.88. The van der Waals surface area contributed by atoms with Gasteiger partial charge in [0.2, 0.25) is 10.0 Å². The molecule has 1 aliphatic rings. The van der Waals surface area contributed by atoms with Crippen LogP contribution in [0.3, 0.4) is 0 Å². The van der Waals surface area contributed by atoms with Crippen molar-refractivity contribution in [3.05, 3.63) is 53.9 Å². The van der Waals surface area contributed by atoms with Crippen molar-refractivity contribution in [1.29, 1.82) is 0 Å². The first-order chi connectivity index (χ1) is 11.6. The molecular formula is C16H19N3O4S. The van der Waals surface area contributed by atoms with E-state index in [1.807, 2.05) is 12.1 Å². The maximum atomic E-state index is 12.5. The average Bonchev–Trinajstić information content (AvgIpc) is 3.14. The van der Waals surface area contributed by atoms with Gasteiger partial charge in [-0.25, -0.2) is 8.42 Å². The smallest absolute Gasteiger partial charge is 0.251 e. The normalized spacial score (nSPS) is 16.0. The summed E-state index contributed by atoms with van der Waals surface area (Å²) in [4.78, 5) is 15.3. The molecule has 0 spiro atoms. The van der Waals surface area contributed by atoms with E-state index in [9.17, 15) is 13.2 Å². The number of nitrogens with one attached hydrogen (secondary N) is 2. The highest BCUT2D eigenvalue weighted by Gasteiger charge is 2.26. The molecule has 0 saturated carbocycles. The van der Waals surface area contributed by atoms with Crippen LogP contribution in [0.25, 0.3) is 0 Å². The molecule has 1 aliphatic heterocycles. The Bertz CT molecular complexity index is 779. The molecule has 1 amide bonds. The van der Waals surface area contributed by atoms with Crippen molar-refractivity contribution < 1.29 is 17.9 Å². The first-order valence-corrected chi connectivity index (χ1v) is 9.10. The second-order valence-electron chi connectivity index (χ2n) is 5.42. The Morgan fingerprint density at radius 2 is 1.88 bits per heavy atom. The molecule has 0 radical (unpaired) electrons. The molecule has 0 atom stereocenters. The molecule has 24 heavy (non-hydrogen) atoms. The first kappa shape index (κ1) is 16.7. The summed E-state index contributed by atoms with van der Waals surface area (Å²) >= 11 is 0. The summed E-state index contributed by atoms with van der Waals surface area (Å²) in [7, 11) is -3.54. The second kappa shape index (κ2) is 7.16. The van der Waals surface area contributed by atoms with Crippen molar-refractivity contribution in [2.24, 2.45) is 0 Å². The summed E-state index contributed by atoms with van der Waals surface area (Å²) in [5.74, 6) is -0.250.